The third kappa shape index (κ3) is 3.50. The van der Waals surface area contributed by atoms with Crippen molar-refractivity contribution in [1.82, 2.24) is 15.0 Å². The summed E-state index contributed by atoms with van der Waals surface area (Å²) in [5.74, 6) is -0.233. The molecule has 0 bridgehead atoms. The van der Waals surface area contributed by atoms with Crippen LogP contribution in [0.5, 0.6) is 0 Å². The Morgan fingerprint density at radius 1 is 1.35 bits per heavy atom. The minimum absolute atomic E-state index is 0.167. The quantitative estimate of drug-likeness (QED) is 0.815. The lowest BCUT2D eigenvalue weighted by Crippen LogP contribution is -2.25. The zero-order chi connectivity index (χ0) is 17.0. The summed E-state index contributed by atoms with van der Waals surface area (Å²) < 4.78 is 0. The Morgan fingerprint density at radius 3 is 2.61 bits per heavy atom. The molecule has 0 aliphatic carbocycles. The van der Waals surface area contributed by atoms with Gasteiger partial charge >= 0.3 is 0 Å². The Labute approximate surface area is 139 Å². The second-order valence-electron chi connectivity index (χ2n) is 4.85. The second-order valence-corrected chi connectivity index (χ2v) is 5.21. The number of rotatable bonds is 5. The van der Waals surface area contributed by atoms with Gasteiger partial charge in [-0.05, 0) is 20.8 Å². The van der Waals surface area contributed by atoms with E-state index in [1.54, 1.807) is 0 Å². The van der Waals surface area contributed by atoms with Crippen LogP contribution in [0.1, 0.15) is 29.9 Å². The summed E-state index contributed by atoms with van der Waals surface area (Å²) in [5, 5.41) is 3.07. The van der Waals surface area contributed by atoms with Crippen molar-refractivity contribution >= 4 is 34.7 Å². The zero-order valence-corrected chi connectivity index (χ0v) is 14.1. The zero-order valence-electron chi connectivity index (χ0n) is 13.3. The Hall–Kier alpha value is -2.41. The molecule has 2 aromatic heterocycles. The molecule has 0 aliphatic heterocycles. The van der Waals surface area contributed by atoms with Crippen molar-refractivity contribution in [3.8, 4) is 0 Å². The topological polar surface area (TPSA) is 97.0 Å². The molecule has 0 saturated heterocycles. The minimum atomic E-state index is -0.400. The van der Waals surface area contributed by atoms with Crippen LogP contribution in [-0.4, -0.2) is 33.9 Å². The van der Waals surface area contributed by atoms with Gasteiger partial charge in [-0.3, -0.25) is 9.78 Å². The van der Waals surface area contributed by atoms with E-state index < -0.39 is 5.91 Å². The van der Waals surface area contributed by atoms with Crippen LogP contribution >= 0.6 is 11.6 Å². The third-order valence-corrected chi connectivity index (χ3v) is 3.78. The molecule has 2 aromatic rings. The molecular formula is C15H19ClN6O. The first-order valence-corrected chi connectivity index (χ1v) is 7.65. The van der Waals surface area contributed by atoms with Gasteiger partial charge in [0.25, 0.3) is 5.91 Å². The highest BCUT2D eigenvalue weighted by Gasteiger charge is 2.20. The molecule has 7 nitrogen and oxygen atoms in total. The largest absolute Gasteiger partial charge is 0.382 e. The van der Waals surface area contributed by atoms with Gasteiger partial charge in [-0.2, -0.15) is 0 Å². The van der Waals surface area contributed by atoms with Crippen LogP contribution < -0.4 is 16.0 Å². The van der Waals surface area contributed by atoms with E-state index in [2.05, 4.69) is 25.2 Å². The van der Waals surface area contributed by atoms with Gasteiger partial charge in [0.1, 0.15) is 11.5 Å². The first-order chi connectivity index (χ1) is 11.0. The number of aromatic nitrogens is 3. The summed E-state index contributed by atoms with van der Waals surface area (Å²) in [6.45, 7) is 7.42. The maximum atomic E-state index is 12.3. The first-order valence-electron chi connectivity index (χ1n) is 7.27. The summed E-state index contributed by atoms with van der Waals surface area (Å²) in [6, 6.07) is 0. The smallest absolute Gasteiger partial charge is 0.275 e. The Kier molecular flexibility index (Phi) is 5.33. The highest BCUT2D eigenvalue weighted by atomic mass is 35.5. The highest BCUT2D eigenvalue weighted by Crippen LogP contribution is 2.36. The van der Waals surface area contributed by atoms with Gasteiger partial charge < -0.3 is 16.0 Å². The first kappa shape index (κ1) is 17.0. The van der Waals surface area contributed by atoms with Crippen LogP contribution in [0.2, 0.25) is 5.15 Å². The Balaban J connectivity index is 2.43. The molecule has 0 saturated carbocycles. The number of amides is 1. The van der Waals surface area contributed by atoms with Crippen molar-refractivity contribution in [1.29, 1.82) is 0 Å². The SMILES string of the molecule is CCN(CC)c1c(Cl)nc(N)c(NC(=O)c2cnccn2)c1C. The van der Waals surface area contributed by atoms with Crippen LogP contribution in [0.25, 0.3) is 0 Å². The molecule has 0 aromatic carbocycles. The average molecular weight is 335 g/mol. The van der Waals surface area contributed by atoms with Gasteiger partial charge in [0, 0.05) is 31.0 Å². The monoisotopic (exact) mass is 334 g/mol. The fourth-order valence-electron chi connectivity index (χ4n) is 2.34. The molecule has 0 unspecified atom stereocenters. The van der Waals surface area contributed by atoms with Gasteiger partial charge in [0.05, 0.1) is 17.6 Å². The van der Waals surface area contributed by atoms with Crippen molar-refractivity contribution in [2.75, 3.05) is 29.0 Å². The summed E-state index contributed by atoms with van der Waals surface area (Å²) in [5.41, 5.74) is 8.10. The van der Waals surface area contributed by atoms with E-state index in [1.807, 2.05) is 20.8 Å². The van der Waals surface area contributed by atoms with Gasteiger partial charge in [-0.15, -0.1) is 0 Å². The van der Waals surface area contributed by atoms with Gasteiger partial charge in [-0.1, -0.05) is 11.6 Å². The molecule has 1 amide bonds. The number of nitrogens with one attached hydrogen (secondary N) is 1. The normalized spacial score (nSPS) is 10.4. The van der Waals surface area contributed by atoms with Gasteiger partial charge in [0.2, 0.25) is 0 Å². The second kappa shape index (κ2) is 7.23. The van der Waals surface area contributed by atoms with Crippen LogP contribution in [0.3, 0.4) is 0 Å². The van der Waals surface area contributed by atoms with Crippen LogP contribution in [0.15, 0.2) is 18.6 Å². The van der Waals surface area contributed by atoms with Gasteiger partial charge in [-0.25, -0.2) is 9.97 Å². The number of nitrogens with zero attached hydrogens (tertiary/aromatic N) is 4. The van der Waals surface area contributed by atoms with E-state index in [9.17, 15) is 4.79 Å². The van der Waals surface area contributed by atoms with E-state index in [1.165, 1.54) is 18.6 Å². The molecule has 0 spiro atoms. The number of anilines is 3. The van der Waals surface area contributed by atoms with Crippen molar-refractivity contribution in [2.24, 2.45) is 0 Å². The molecule has 0 atom stereocenters. The fraction of sp³-hybridized carbons (Fsp3) is 0.333. The van der Waals surface area contributed by atoms with E-state index >= 15 is 0 Å². The molecule has 23 heavy (non-hydrogen) atoms. The summed E-state index contributed by atoms with van der Waals surface area (Å²) in [7, 11) is 0. The number of halogens is 1. The predicted molar refractivity (Wildman–Crippen MR) is 91.9 cm³/mol. The van der Waals surface area contributed by atoms with Gasteiger partial charge in [0.15, 0.2) is 5.15 Å². The van der Waals surface area contributed by atoms with Crippen LogP contribution in [0.4, 0.5) is 17.2 Å². The standard InChI is InChI=1S/C15H19ClN6O/c1-4-22(5-2)12-9(3)11(14(17)21-13(12)16)20-15(23)10-8-18-6-7-19-10/h6-8H,4-5H2,1-3H3,(H2,17,21)(H,20,23). The summed E-state index contributed by atoms with van der Waals surface area (Å²) in [4.78, 5) is 26.3. The summed E-state index contributed by atoms with van der Waals surface area (Å²) >= 11 is 6.24. The van der Waals surface area contributed by atoms with Crippen molar-refractivity contribution < 1.29 is 4.79 Å². The van der Waals surface area contributed by atoms with E-state index in [-0.39, 0.29) is 11.5 Å². The van der Waals surface area contributed by atoms with Crippen molar-refractivity contribution in [2.45, 2.75) is 20.8 Å². The highest BCUT2D eigenvalue weighted by molar-refractivity contribution is 6.32. The third-order valence-electron chi connectivity index (χ3n) is 3.51. The summed E-state index contributed by atoms with van der Waals surface area (Å²) in [6.07, 6.45) is 4.33. The molecule has 122 valence electrons. The van der Waals surface area contributed by atoms with Crippen molar-refractivity contribution in [3.05, 3.63) is 35.0 Å². The molecule has 2 heterocycles. The number of carbonyl (C=O) groups excluding carboxylic acids is 1. The number of carbonyl (C=O) groups is 1. The number of hydrogen-bond donors (Lipinski definition) is 2. The number of pyridine rings is 1. The molecule has 8 heteroatoms. The molecular weight excluding hydrogens is 316 g/mol. The van der Waals surface area contributed by atoms with Crippen LogP contribution in [-0.2, 0) is 0 Å². The minimum Gasteiger partial charge on any atom is -0.382 e. The van der Waals surface area contributed by atoms with Crippen LogP contribution in [0, 0.1) is 6.92 Å². The molecule has 0 fully saturated rings. The van der Waals surface area contributed by atoms with E-state index in [0.717, 1.165) is 24.3 Å². The van der Waals surface area contributed by atoms with E-state index in [4.69, 9.17) is 17.3 Å². The molecule has 0 radical (unpaired) electrons. The van der Waals surface area contributed by atoms with E-state index in [0.29, 0.717) is 10.8 Å². The molecule has 0 aliphatic rings. The lowest BCUT2D eigenvalue weighted by Gasteiger charge is -2.26. The maximum absolute atomic E-state index is 12.3. The number of nitrogen functional groups attached to an aromatic ring is 1. The fourth-order valence-corrected chi connectivity index (χ4v) is 2.69. The molecule has 3 N–H and O–H groups in total. The van der Waals surface area contributed by atoms with Crippen molar-refractivity contribution in [3.63, 3.8) is 0 Å². The lowest BCUT2D eigenvalue weighted by atomic mass is 10.1. The Morgan fingerprint density at radius 2 is 2.04 bits per heavy atom. The molecule has 2 rings (SSSR count). The predicted octanol–water partition coefficient (Wildman–Crippen LogP) is 2.51. The number of nitrogens with two attached hydrogens (primary N) is 1. The Bertz CT molecular complexity index is 703. The average Bonchev–Trinajstić information content (AvgIpc) is 2.55. The lowest BCUT2D eigenvalue weighted by molar-refractivity contribution is 0.102. The maximum Gasteiger partial charge on any atom is 0.275 e. The number of hydrogen-bond acceptors (Lipinski definition) is 6.